The molecule has 0 fully saturated rings. The highest BCUT2D eigenvalue weighted by Crippen LogP contribution is 2.24. The lowest BCUT2D eigenvalue weighted by atomic mass is 10.2. The average Bonchev–Trinajstić information content (AvgIpc) is 2.59. The minimum absolute atomic E-state index is 0.0593. The van der Waals surface area contributed by atoms with E-state index in [9.17, 15) is 14.3 Å². The van der Waals surface area contributed by atoms with Crippen LogP contribution in [0.15, 0.2) is 56.7 Å². The highest BCUT2D eigenvalue weighted by atomic mass is 79.9. The monoisotopic (exact) mass is 453 g/mol. The zero-order valence-corrected chi connectivity index (χ0v) is 16.1. The Hall–Kier alpha value is -2.29. The van der Waals surface area contributed by atoms with Gasteiger partial charge in [-0.05, 0) is 54.7 Å². The van der Waals surface area contributed by atoms with Gasteiger partial charge in [0.2, 0.25) is 5.88 Å². The topological polar surface area (TPSA) is 70.4 Å². The van der Waals surface area contributed by atoms with Gasteiger partial charge in [0.1, 0.15) is 11.4 Å². The Bertz CT molecular complexity index is 1130. The van der Waals surface area contributed by atoms with Crippen molar-refractivity contribution in [1.29, 1.82) is 0 Å². The predicted molar refractivity (Wildman–Crippen MR) is 105 cm³/mol. The summed E-state index contributed by atoms with van der Waals surface area (Å²) in [6.07, 6.45) is 1.23. The molecule has 0 aliphatic carbocycles. The van der Waals surface area contributed by atoms with Gasteiger partial charge in [0, 0.05) is 10.7 Å². The van der Waals surface area contributed by atoms with Crippen LogP contribution in [0.2, 0.25) is 5.02 Å². The Kier molecular flexibility index (Phi) is 5.36. The van der Waals surface area contributed by atoms with Crippen LogP contribution in [-0.4, -0.2) is 20.9 Å². The number of H-pyrrole nitrogens is 1. The molecule has 26 heavy (non-hydrogen) atoms. The van der Waals surface area contributed by atoms with Crippen molar-refractivity contribution in [1.82, 2.24) is 9.55 Å². The normalized spacial score (nSPS) is 11.2. The molecule has 0 saturated heterocycles. The molecule has 3 rings (SSSR count). The van der Waals surface area contributed by atoms with Crippen molar-refractivity contribution in [3.8, 4) is 11.6 Å². The Morgan fingerprint density at radius 3 is 2.62 bits per heavy atom. The summed E-state index contributed by atoms with van der Waals surface area (Å²) in [5.41, 5.74) is 0.194. The summed E-state index contributed by atoms with van der Waals surface area (Å²) in [5.74, 6) is -1.04. The number of aliphatic imine (C=N–C) groups is 1. The Labute approximate surface area is 165 Å². The highest BCUT2D eigenvalue weighted by Gasteiger charge is 2.13. The van der Waals surface area contributed by atoms with Gasteiger partial charge >= 0.3 is 0 Å². The van der Waals surface area contributed by atoms with Crippen LogP contribution in [-0.2, 0) is 0 Å². The number of aromatic amines is 1. The summed E-state index contributed by atoms with van der Waals surface area (Å²) in [6, 6.07) is 10.9. The second kappa shape index (κ2) is 7.53. The Morgan fingerprint density at radius 2 is 1.96 bits per heavy atom. The molecule has 0 radical (unpaired) electrons. The van der Waals surface area contributed by atoms with Crippen molar-refractivity contribution < 1.29 is 9.50 Å². The van der Waals surface area contributed by atoms with E-state index in [1.54, 1.807) is 24.3 Å². The van der Waals surface area contributed by atoms with Gasteiger partial charge in [-0.2, -0.15) is 0 Å². The predicted octanol–water partition coefficient (Wildman–Crippen LogP) is 4.91. The van der Waals surface area contributed by atoms with Gasteiger partial charge < -0.3 is 5.11 Å². The quantitative estimate of drug-likeness (QED) is 0.436. The molecule has 0 unspecified atom stereocenters. The third-order valence-corrected chi connectivity index (χ3v) is 4.55. The molecule has 132 valence electrons. The molecule has 0 saturated carbocycles. The second-order valence-electron chi connectivity index (χ2n) is 5.16. The van der Waals surface area contributed by atoms with Gasteiger partial charge in [0.05, 0.1) is 16.4 Å². The second-order valence-corrected chi connectivity index (χ2v) is 6.87. The molecule has 1 aromatic heterocycles. The Balaban J connectivity index is 2.12. The standard InChI is InChI=1S/C17H10BrClFN3O2S/c18-9-1-3-10(4-2-9)21-8-12-15(24)22-17(26)23(16(12)25)11-5-6-14(20)13(19)7-11/h1-8,25H,(H,22,24,26). The average molecular weight is 455 g/mol. The minimum Gasteiger partial charge on any atom is -0.494 e. The van der Waals surface area contributed by atoms with Crippen LogP contribution in [0.5, 0.6) is 5.88 Å². The fourth-order valence-electron chi connectivity index (χ4n) is 2.18. The fourth-order valence-corrected chi connectivity index (χ4v) is 2.91. The van der Waals surface area contributed by atoms with Gasteiger partial charge in [-0.3, -0.25) is 19.3 Å². The first-order chi connectivity index (χ1) is 12.4. The van der Waals surface area contributed by atoms with E-state index in [1.165, 1.54) is 22.9 Å². The van der Waals surface area contributed by atoms with E-state index in [0.29, 0.717) is 11.4 Å². The number of rotatable bonds is 3. The van der Waals surface area contributed by atoms with E-state index in [2.05, 4.69) is 25.9 Å². The molecule has 2 N–H and O–H groups in total. The molecule has 0 aliphatic rings. The van der Waals surface area contributed by atoms with Crippen LogP contribution in [0.3, 0.4) is 0 Å². The van der Waals surface area contributed by atoms with Gasteiger partial charge in [-0.15, -0.1) is 0 Å². The fraction of sp³-hybridized carbons (Fsp3) is 0. The smallest absolute Gasteiger partial charge is 0.264 e. The summed E-state index contributed by atoms with van der Waals surface area (Å²) in [4.78, 5) is 18.8. The van der Waals surface area contributed by atoms with Gasteiger partial charge in [-0.1, -0.05) is 27.5 Å². The first-order valence-corrected chi connectivity index (χ1v) is 8.78. The molecule has 5 nitrogen and oxygen atoms in total. The van der Waals surface area contributed by atoms with E-state index in [4.69, 9.17) is 23.8 Å². The maximum absolute atomic E-state index is 13.4. The molecule has 1 heterocycles. The lowest BCUT2D eigenvalue weighted by molar-refractivity contribution is 0.432. The molecule has 9 heteroatoms. The van der Waals surface area contributed by atoms with Crippen molar-refractivity contribution in [3.63, 3.8) is 0 Å². The van der Waals surface area contributed by atoms with Gasteiger partial charge in [0.25, 0.3) is 5.56 Å². The summed E-state index contributed by atoms with van der Waals surface area (Å²) >= 11 is 14.2. The number of nitrogens with zero attached hydrogens (tertiary/aromatic N) is 2. The third-order valence-electron chi connectivity index (χ3n) is 3.45. The molecule has 3 aromatic rings. The maximum atomic E-state index is 13.4. The number of benzene rings is 2. The largest absolute Gasteiger partial charge is 0.494 e. The number of aromatic hydroxyl groups is 1. The lowest BCUT2D eigenvalue weighted by Gasteiger charge is -2.11. The molecule has 0 atom stereocenters. The number of hydrogen-bond donors (Lipinski definition) is 2. The summed E-state index contributed by atoms with van der Waals surface area (Å²) in [6.45, 7) is 0. The molecule has 0 aliphatic heterocycles. The van der Waals surface area contributed by atoms with E-state index >= 15 is 0 Å². The molecular weight excluding hydrogens is 445 g/mol. The zero-order chi connectivity index (χ0) is 18.8. The first-order valence-electron chi connectivity index (χ1n) is 7.20. The Morgan fingerprint density at radius 1 is 1.27 bits per heavy atom. The van der Waals surface area contributed by atoms with E-state index in [-0.39, 0.29) is 15.4 Å². The SMILES string of the molecule is O=c1[nH]c(=S)n(-c2ccc(F)c(Cl)c2)c(O)c1C=Nc1ccc(Br)cc1. The van der Waals surface area contributed by atoms with Crippen LogP contribution in [0.4, 0.5) is 10.1 Å². The van der Waals surface area contributed by atoms with Crippen molar-refractivity contribution in [2.24, 2.45) is 4.99 Å². The molecular formula is C17H10BrClFN3O2S. The van der Waals surface area contributed by atoms with E-state index in [0.717, 1.165) is 10.5 Å². The van der Waals surface area contributed by atoms with Crippen molar-refractivity contribution in [2.75, 3.05) is 0 Å². The van der Waals surface area contributed by atoms with Crippen molar-refractivity contribution in [2.45, 2.75) is 0 Å². The highest BCUT2D eigenvalue weighted by molar-refractivity contribution is 9.10. The van der Waals surface area contributed by atoms with Gasteiger partial charge in [0.15, 0.2) is 4.77 Å². The third kappa shape index (κ3) is 3.77. The number of hydrogen-bond acceptors (Lipinski definition) is 4. The van der Waals surface area contributed by atoms with Crippen molar-refractivity contribution >= 4 is 51.7 Å². The molecule has 0 spiro atoms. The number of halogens is 3. The van der Waals surface area contributed by atoms with E-state index in [1.807, 2.05) is 0 Å². The van der Waals surface area contributed by atoms with Crippen molar-refractivity contribution in [3.05, 3.63) is 78.5 Å². The van der Waals surface area contributed by atoms with Crippen LogP contribution in [0.1, 0.15) is 5.56 Å². The zero-order valence-electron chi connectivity index (χ0n) is 12.9. The van der Waals surface area contributed by atoms with Crippen LogP contribution in [0, 0.1) is 10.6 Å². The number of aromatic nitrogens is 2. The molecule has 0 bridgehead atoms. The maximum Gasteiger partial charge on any atom is 0.264 e. The van der Waals surface area contributed by atoms with Gasteiger partial charge in [-0.25, -0.2) is 4.39 Å². The van der Waals surface area contributed by atoms with Crippen LogP contribution >= 0.6 is 39.7 Å². The summed E-state index contributed by atoms with van der Waals surface area (Å²) in [7, 11) is 0. The minimum atomic E-state index is -0.608. The summed E-state index contributed by atoms with van der Waals surface area (Å²) < 4.78 is 15.4. The molecule has 2 aromatic carbocycles. The van der Waals surface area contributed by atoms with E-state index < -0.39 is 17.3 Å². The number of nitrogens with one attached hydrogen (secondary N) is 1. The first kappa shape index (κ1) is 18.5. The lowest BCUT2D eigenvalue weighted by Crippen LogP contribution is -2.18. The molecule has 0 amide bonds. The summed E-state index contributed by atoms with van der Waals surface area (Å²) in [5, 5.41) is 10.4. The van der Waals surface area contributed by atoms with Crippen LogP contribution < -0.4 is 5.56 Å². The van der Waals surface area contributed by atoms with Crippen LogP contribution in [0.25, 0.3) is 5.69 Å².